The van der Waals surface area contributed by atoms with Crippen LogP contribution in [0.2, 0.25) is 0 Å². The Morgan fingerprint density at radius 2 is 1.61 bits per heavy atom. The quantitative estimate of drug-likeness (QED) is 0.500. The minimum atomic E-state index is -3.48. The summed E-state index contributed by atoms with van der Waals surface area (Å²) in [5.74, 6) is -0.0101. The second-order valence-corrected chi connectivity index (χ2v) is 9.04. The highest BCUT2D eigenvalue weighted by molar-refractivity contribution is 7.89. The summed E-state index contributed by atoms with van der Waals surface area (Å²) in [7, 11) is -3.48. The average Bonchev–Trinajstić information content (AvgIpc) is 2.78. The van der Waals surface area contributed by atoms with Gasteiger partial charge < -0.3 is 4.90 Å². The van der Waals surface area contributed by atoms with Gasteiger partial charge >= 0.3 is 0 Å². The van der Waals surface area contributed by atoms with Gasteiger partial charge in [-0.05, 0) is 41.8 Å². The van der Waals surface area contributed by atoms with Gasteiger partial charge in [-0.2, -0.15) is 9.57 Å². The number of hydrogen-bond acceptors (Lipinski definition) is 4. The Labute approximate surface area is 185 Å². The van der Waals surface area contributed by atoms with Crippen molar-refractivity contribution < 1.29 is 13.2 Å². The maximum absolute atomic E-state index is 12.8. The SMILES string of the molecule is C=CCN(Cc1ccc(C#N)cc1)C(=O)CCc1ccc(S(=O)(=O)N(CC)CC)cc1. The van der Waals surface area contributed by atoms with Crippen molar-refractivity contribution in [2.45, 2.75) is 38.1 Å². The van der Waals surface area contributed by atoms with Crippen LogP contribution in [0.25, 0.3) is 0 Å². The van der Waals surface area contributed by atoms with Crippen molar-refractivity contribution in [2.75, 3.05) is 19.6 Å². The molecule has 0 heterocycles. The molecule has 0 aliphatic rings. The lowest BCUT2D eigenvalue weighted by molar-refractivity contribution is -0.131. The van der Waals surface area contributed by atoms with Crippen molar-refractivity contribution in [3.05, 3.63) is 77.9 Å². The van der Waals surface area contributed by atoms with E-state index in [0.717, 1.165) is 11.1 Å². The first-order valence-electron chi connectivity index (χ1n) is 10.3. The fourth-order valence-corrected chi connectivity index (χ4v) is 4.72. The molecule has 0 saturated carbocycles. The first-order valence-corrected chi connectivity index (χ1v) is 11.8. The molecule has 0 fully saturated rings. The third-order valence-corrected chi connectivity index (χ3v) is 7.12. The van der Waals surface area contributed by atoms with Crippen molar-refractivity contribution >= 4 is 15.9 Å². The first kappa shape index (κ1) is 24.3. The standard InChI is InChI=1S/C24H29N3O3S/c1-4-17-26(19-22-9-7-21(18-25)8-10-22)24(28)16-13-20-11-14-23(15-12-20)31(29,30)27(5-2)6-3/h4,7-12,14-15H,1,5-6,13,16-17,19H2,2-3H3. The van der Waals surface area contributed by atoms with Crippen LogP contribution >= 0.6 is 0 Å². The predicted octanol–water partition coefficient (Wildman–Crippen LogP) is 3.74. The second-order valence-electron chi connectivity index (χ2n) is 7.10. The van der Waals surface area contributed by atoms with Gasteiger partial charge in [-0.1, -0.05) is 44.2 Å². The van der Waals surface area contributed by atoms with Gasteiger partial charge in [0, 0.05) is 32.6 Å². The average molecular weight is 440 g/mol. The number of hydrogen-bond donors (Lipinski definition) is 0. The fourth-order valence-electron chi connectivity index (χ4n) is 3.27. The van der Waals surface area contributed by atoms with Gasteiger partial charge in [0.1, 0.15) is 0 Å². The number of benzene rings is 2. The molecule has 0 aliphatic heterocycles. The monoisotopic (exact) mass is 439 g/mol. The van der Waals surface area contributed by atoms with Gasteiger partial charge in [0.15, 0.2) is 0 Å². The maximum atomic E-state index is 12.8. The minimum absolute atomic E-state index is 0.0101. The highest BCUT2D eigenvalue weighted by Crippen LogP contribution is 2.17. The molecule has 2 aromatic carbocycles. The maximum Gasteiger partial charge on any atom is 0.243 e. The van der Waals surface area contributed by atoms with Crippen LogP contribution in [0.15, 0.2) is 66.1 Å². The molecule has 6 nitrogen and oxygen atoms in total. The van der Waals surface area contributed by atoms with Crippen LogP contribution in [-0.2, 0) is 27.8 Å². The Kier molecular flexibility index (Phi) is 8.98. The van der Waals surface area contributed by atoms with E-state index in [4.69, 9.17) is 5.26 Å². The van der Waals surface area contributed by atoms with Gasteiger partial charge in [-0.3, -0.25) is 4.79 Å². The van der Waals surface area contributed by atoms with Gasteiger partial charge in [-0.15, -0.1) is 6.58 Å². The molecule has 0 aliphatic carbocycles. The number of sulfonamides is 1. The molecule has 0 N–H and O–H groups in total. The third-order valence-electron chi connectivity index (χ3n) is 5.05. The molecular formula is C24H29N3O3S. The molecule has 0 radical (unpaired) electrons. The Balaban J connectivity index is 2.02. The van der Waals surface area contributed by atoms with E-state index < -0.39 is 10.0 Å². The predicted molar refractivity (Wildman–Crippen MR) is 122 cm³/mol. The zero-order chi connectivity index (χ0) is 22.9. The Morgan fingerprint density at radius 3 is 2.13 bits per heavy atom. The van der Waals surface area contributed by atoms with E-state index >= 15 is 0 Å². The second kappa shape index (κ2) is 11.4. The molecule has 7 heteroatoms. The van der Waals surface area contributed by atoms with Crippen LogP contribution < -0.4 is 0 Å². The summed E-state index contributed by atoms with van der Waals surface area (Å²) in [4.78, 5) is 14.7. The van der Waals surface area contributed by atoms with E-state index in [2.05, 4.69) is 12.6 Å². The van der Waals surface area contributed by atoms with Gasteiger partial charge in [-0.25, -0.2) is 8.42 Å². The highest BCUT2D eigenvalue weighted by Gasteiger charge is 2.21. The van der Waals surface area contributed by atoms with Gasteiger partial charge in [0.05, 0.1) is 16.5 Å². The molecule has 164 valence electrons. The van der Waals surface area contributed by atoms with Crippen LogP contribution in [-0.4, -0.2) is 43.2 Å². The summed E-state index contributed by atoms with van der Waals surface area (Å²) < 4.78 is 26.6. The van der Waals surface area contributed by atoms with E-state index in [1.165, 1.54) is 4.31 Å². The topological polar surface area (TPSA) is 81.5 Å². The zero-order valence-electron chi connectivity index (χ0n) is 18.1. The third kappa shape index (κ3) is 6.51. The molecule has 0 saturated heterocycles. The van der Waals surface area contributed by atoms with Crippen LogP contribution in [0.5, 0.6) is 0 Å². The summed E-state index contributed by atoms with van der Waals surface area (Å²) in [6, 6.07) is 16.0. The van der Waals surface area contributed by atoms with Crippen molar-refractivity contribution in [3.63, 3.8) is 0 Å². The molecule has 2 aromatic rings. The van der Waals surface area contributed by atoms with Crippen LogP contribution in [0.3, 0.4) is 0 Å². The lowest BCUT2D eigenvalue weighted by Crippen LogP contribution is -2.31. The van der Waals surface area contributed by atoms with Crippen molar-refractivity contribution in [1.82, 2.24) is 9.21 Å². The summed E-state index contributed by atoms with van der Waals surface area (Å²) in [6.07, 6.45) is 2.52. The number of carbonyl (C=O) groups is 1. The summed E-state index contributed by atoms with van der Waals surface area (Å²) in [5, 5.41) is 8.91. The van der Waals surface area contributed by atoms with E-state index in [9.17, 15) is 13.2 Å². The normalized spacial score (nSPS) is 11.2. The Morgan fingerprint density at radius 1 is 1.03 bits per heavy atom. The van der Waals surface area contributed by atoms with Gasteiger partial charge in [0.2, 0.25) is 15.9 Å². The summed E-state index contributed by atoms with van der Waals surface area (Å²) in [5.41, 5.74) is 2.43. The molecule has 2 rings (SSSR count). The summed E-state index contributed by atoms with van der Waals surface area (Å²) in [6.45, 7) is 9.08. The number of aryl methyl sites for hydroxylation is 1. The highest BCUT2D eigenvalue weighted by atomic mass is 32.2. The lowest BCUT2D eigenvalue weighted by atomic mass is 10.1. The number of amides is 1. The lowest BCUT2D eigenvalue weighted by Gasteiger charge is -2.21. The smallest absolute Gasteiger partial charge is 0.243 e. The molecule has 0 unspecified atom stereocenters. The van der Waals surface area contributed by atoms with Crippen LogP contribution in [0.1, 0.15) is 37.0 Å². The van der Waals surface area contributed by atoms with E-state index in [-0.39, 0.29) is 10.8 Å². The van der Waals surface area contributed by atoms with E-state index in [1.54, 1.807) is 47.4 Å². The van der Waals surface area contributed by atoms with Gasteiger partial charge in [0.25, 0.3) is 0 Å². The molecule has 0 bridgehead atoms. The number of nitrogens with zero attached hydrogens (tertiary/aromatic N) is 3. The van der Waals surface area contributed by atoms with Crippen molar-refractivity contribution in [3.8, 4) is 6.07 Å². The molecule has 31 heavy (non-hydrogen) atoms. The fraction of sp³-hybridized carbons (Fsp3) is 0.333. The number of carbonyl (C=O) groups excluding carboxylic acids is 1. The number of nitriles is 1. The van der Waals surface area contributed by atoms with Crippen molar-refractivity contribution in [2.24, 2.45) is 0 Å². The van der Waals surface area contributed by atoms with Crippen LogP contribution in [0.4, 0.5) is 0 Å². The molecule has 0 aromatic heterocycles. The minimum Gasteiger partial charge on any atom is -0.335 e. The van der Waals surface area contributed by atoms with Crippen molar-refractivity contribution in [1.29, 1.82) is 5.26 Å². The molecular weight excluding hydrogens is 410 g/mol. The molecule has 0 atom stereocenters. The first-order chi connectivity index (χ1) is 14.8. The Hall–Kier alpha value is -2.95. The largest absolute Gasteiger partial charge is 0.335 e. The van der Waals surface area contributed by atoms with E-state index in [0.29, 0.717) is 44.6 Å². The summed E-state index contributed by atoms with van der Waals surface area (Å²) >= 11 is 0. The number of rotatable bonds is 11. The molecule has 0 spiro atoms. The Bertz CT molecular complexity index is 1020. The van der Waals surface area contributed by atoms with E-state index in [1.807, 2.05) is 26.0 Å². The molecule has 1 amide bonds. The zero-order valence-corrected chi connectivity index (χ0v) is 18.9. The van der Waals surface area contributed by atoms with Crippen LogP contribution in [0, 0.1) is 11.3 Å².